The van der Waals surface area contributed by atoms with Crippen LogP contribution >= 0.6 is 0 Å². The summed E-state index contributed by atoms with van der Waals surface area (Å²) in [7, 11) is 1.59. The second-order valence-corrected chi connectivity index (χ2v) is 13.5. The van der Waals surface area contributed by atoms with Gasteiger partial charge in [0.25, 0.3) is 11.8 Å². The molecular formula is C39H52N6O8. The Morgan fingerprint density at radius 3 is 2.47 bits per heavy atom. The number of amides is 4. The second-order valence-electron chi connectivity index (χ2n) is 13.5. The number of nitrogens with one attached hydrogen (secondary N) is 3. The number of methoxy groups -OCH3 is 1. The monoisotopic (exact) mass is 732 g/mol. The highest BCUT2D eigenvalue weighted by Crippen LogP contribution is 2.30. The number of carbonyl (C=O) groups is 4. The number of hydrogen-bond donors (Lipinski definition) is 3. The number of hydrogen-bond acceptors (Lipinski definition) is 10. The lowest BCUT2D eigenvalue weighted by Gasteiger charge is -2.34. The van der Waals surface area contributed by atoms with Crippen molar-refractivity contribution in [1.29, 1.82) is 0 Å². The Hall–Kier alpha value is -4.79. The molecule has 0 spiro atoms. The molecule has 2 aromatic carbocycles. The first-order chi connectivity index (χ1) is 25.8. The van der Waals surface area contributed by atoms with Gasteiger partial charge in [0.05, 0.1) is 18.6 Å². The molecule has 3 aliphatic heterocycles. The van der Waals surface area contributed by atoms with Gasteiger partial charge in [-0.25, -0.2) is 0 Å². The van der Waals surface area contributed by atoms with E-state index in [0.717, 1.165) is 24.2 Å². The van der Waals surface area contributed by atoms with Gasteiger partial charge in [-0.1, -0.05) is 47.6 Å². The lowest BCUT2D eigenvalue weighted by Crippen LogP contribution is -2.52. The van der Waals surface area contributed by atoms with Crippen LogP contribution in [0.3, 0.4) is 0 Å². The van der Waals surface area contributed by atoms with Crippen molar-refractivity contribution in [3.05, 3.63) is 71.5 Å². The van der Waals surface area contributed by atoms with Crippen molar-refractivity contribution < 1.29 is 37.9 Å². The predicted molar refractivity (Wildman–Crippen MR) is 197 cm³/mol. The number of ether oxygens (including phenoxy) is 3. The van der Waals surface area contributed by atoms with E-state index in [1.807, 2.05) is 42.5 Å². The van der Waals surface area contributed by atoms with Crippen LogP contribution in [0.25, 0.3) is 11.3 Å². The molecule has 53 heavy (non-hydrogen) atoms. The van der Waals surface area contributed by atoms with Crippen molar-refractivity contribution in [2.75, 3.05) is 85.9 Å². The van der Waals surface area contributed by atoms with Gasteiger partial charge in [0, 0.05) is 78.1 Å². The highest BCUT2D eigenvalue weighted by atomic mass is 16.5. The van der Waals surface area contributed by atoms with Gasteiger partial charge < -0.3 is 39.6 Å². The molecule has 1 unspecified atom stereocenters. The molecule has 2 bridgehead atoms. The third kappa shape index (κ3) is 11.3. The Bertz CT molecular complexity index is 1640. The molecule has 3 aliphatic rings. The van der Waals surface area contributed by atoms with Crippen LogP contribution in [0.2, 0.25) is 0 Å². The van der Waals surface area contributed by atoms with Crippen LogP contribution in [0.5, 0.6) is 5.75 Å². The number of rotatable bonds is 9. The summed E-state index contributed by atoms with van der Waals surface area (Å²) in [5.41, 5.74) is 1.43. The molecule has 1 atom stereocenters. The summed E-state index contributed by atoms with van der Waals surface area (Å²) in [6, 6.07) is 16.7. The number of carbonyl (C=O) groups excluding carboxylic acids is 4. The normalized spacial score (nSPS) is 19.8. The molecule has 1 saturated heterocycles. The minimum absolute atomic E-state index is 0.0972. The van der Waals surface area contributed by atoms with Crippen LogP contribution in [0, 0.1) is 12.3 Å². The van der Waals surface area contributed by atoms with E-state index in [0.29, 0.717) is 94.5 Å². The van der Waals surface area contributed by atoms with Gasteiger partial charge in [-0.2, -0.15) is 0 Å². The topological polar surface area (TPSA) is 165 Å². The molecule has 14 nitrogen and oxygen atoms in total. The zero-order valence-corrected chi connectivity index (χ0v) is 30.8. The van der Waals surface area contributed by atoms with Crippen molar-refractivity contribution in [2.24, 2.45) is 5.41 Å². The first kappa shape index (κ1) is 39.4. The SMILES string of the molecule is COCCC1(C(=O)NCCN2CCOCC2)CNC(=O)CCCN(C(=O)c2c(-c3ccccc3)noc2C)CCCNC(=O)COc2ccc(cc2)C1. The Kier molecular flexibility index (Phi) is 14.8. The second kappa shape index (κ2) is 19.9. The van der Waals surface area contributed by atoms with Crippen molar-refractivity contribution in [3.8, 4) is 17.0 Å². The molecule has 1 fully saturated rings. The number of aromatic nitrogens is 1. The summed E-state index contributed by atoms with van der Waals surface area (Å²) in [6.45, 7) is 7.00. The van der Waals surface area contributed by atoms with E-state index in [9.17, 15) is 19.2 Å². The fraction of sp³-hybridized carbons (Fsp3) is 0.513. The summed E-state index contributed by atoms with van der Waals surface area (Å²) in [5.74, 6) is -0.0398. The van der Waals surface area contributed by atoms with E-state index in [-0.39, 0.29) is 49.7 Å². The third-order valence-corrected chi connectivity index (χ3v) is 9.71. The Balaban J connectivity index is 1.34. The molecule has 0 aliphatic carbocycles. The quantitative estimate of drug-likeness (QED) is 0.298. The zero-order chi connectivity index (χ0) is 37.5. The number of aryl methyl sites for hydroxylation is 1. The highest BCUT2D eigenvalue weighted by molar-refractivity contribution is 6.00. The molecule has 0 saturated carbocycles. The van der Waals surface area contributed by atoms with Gasteiger partial charge in [-0.15, -0.1) is 0 Å². The summed E-state index contributed by atoms with van der Waals surface area (Å²) in [4.78, 5) is 58.2. The average molecular weight is 733 g/mol. The van der Waals surface area contributed by atoms with Crippen LogP contribution in [0.4, 0.5) is 0 Å². The van der Waals surface area contributed by atoms with Crippen LogP contribution in [-0.4, -0.2) is 124 Å². The van der Waals surface area contributed by atoms with E-state index in [4.69, 9.17) is 18.7 Å². The van der Waals surface area contributed by atoms with Crippen molar-refractivity contribution in [2.45, 2.75) is 39.0 Å². The fourth-order valence-corrected chi connectivity index (χ4v) is 6.62. The summed E-state index contributed by atoms with van der Waals surface area (Å²) < 4.78 is 22.1. The zero-order valence-electron chi connectivity index (χ0n) is 30.8. The molecule has 4 heterocycles. The fourth-order valence-electron chi connectivity index (χ4n) is 6.62. The van der Waals surface area contributed by atoms with Gasteiger partial charge in [-0.3, -0.25) is 24.1 Å². The van der Waals surface area contributed by atoms with E-state index in [1.54, 1.807) is 31.1 Å². The predicted octanol–water partition coefficient (Wildman–Crippen LogP) is 2.60. The van der Waals surface area contributed by atoms with E-state index < -0.39 is 5.41 Å². The molecule has 0 radical (unpaired) electrons. The van der Waals surface area contributed by atoms with E-state index in [2.05, 4.69) is 26.0 Å². The summed E-state index contributed by atoms with van der Waals surface area (Å²) >= 11 is 0. The van der Waals surface area contributed by atoms with Crippen LogP contribution in [0.1, 0.15) is 47.4 Å². The minimum Gasteiger partial charge on any atom is -0.484 e. The lowest BCUT2D eigenvalue weighted by atomic mass is 9.77. The van der Waals surface area contributed by atoms with Crippen LogP contribution in [0.15, 0.2) is 59.1 Å². The largest absolute Gasteiger partial charge is 0.484 e. The molecule has 1 aromatic heterocycles. The third-order valence-electron chi connectivity index (χ3n) is 9.71. The van der Waals surface area contributed by atoms with E-state index in [1.165, 1.54) is 0 Å². The van der Waals surface area contributed by atoms with Gasteiger partial charge in [-0.05, 0) is 50.3 Å². The molecular weight excluding hydrogens is 680 g/mol. The first-order valence-electron chi connectivity index (χ1n) is 18.4. The van der Waals surface area contributed by atoms with Gasteiger partial charge in [0.2, 0.25) is 11.8 Å². The van der Waals surface area contributed by atoms with Crippen molar-refractivity contribution in [3.63, 3.8) is 0 Å². The standard InChI is InChI=1S/C39H52N6O8/c1-29-35(36(43-53-29)31-8-4-3-5-9-31)37(48)45-18-6-10-33(46)42-28-39(15-23-50-2,38(49)41-17-20-44-21-24-51-25-22-44)26-30-11-13-32(14-12-30)52-27-34(47)40-16-7-19-45/h3-5,8-9,11-14H,6-7,10,15-28H2,1-2H3,(H,40,47)(H,41,49)(H,42,46). The lowest BCUT2D eigenvalue weighted by molar-refractivity contribution is -0.133. The Morgan fingerprint density at radius 2 is 1.72 bits per heavy atom. The molecule has 4 amide bonds. The Morgan fingerprint density at radius 1 is 0.962 bits per heavy atom. The van der Waals surface area contributed by atoms with Gasteiger partial charge in [0.1, 0.15) is 22.8 Å². The van der Waals surface area contributed by atoms with E-state index >= 15 is 0 Å². The molecule has 286 valence electrons. The van der Waals surface area contributed by atoms with Gasteiger partial charge in [0.15, 0.2) is 6.61 Å². The minimum atomic E-state index is -1.01. The van der Waals surface area contributed by atoms with Crippen LogP contribution in [-0.2, 0) is 30.3 Å². The summed E-state index contributed by atoms with van der Waals surface area (Å²) in [5, 5.41) is 13.2. The van der Waals surface area contributed by atoms with Gasteiger partial charge >= 0.3 is 0 Å². The maximum Gasteiger partial charge on any atom is 0.259 e. The maximum atomic E-state index is 14.1. The number of fused-ring (bicyclic) bond motifs is 17. The highest BCUT2D eigenvalue weighted by Gasteiger charge is 2.39. The number of benzene rings is 2. The average Bonchev–Trinajstić information content (AvgIpc) is 3.57. The first-order valence-corrected chi connectivity index (χ1v) is 18.4. The molecule has 14 heteroatoms. The maximum absolute atomic E-state index is 14.1. The molecule has 3 aromatic rings. The smallest absolute Gasteiger partial charge is 0.259 e. The van der Waals surface area contributed by atoms with Crippen molar-refractivity contribution in [1.82, 2.24) is 30.9 Å². The number of nitrogens with zero attached hydrogens (tertiary/aromatic N) is 3. The Labute approximate surface area is 310 Å². The van der Waals surface area contributed by atoms with Crippen LogP contribution < -0.4 is 20.7 Å². The number of morpholine rings is 1. The molecule has 6 rings (SSSR count). The molecule has 3 N–H and O–H groups in total. The van der Waals surface area contributed by atoms with Crippen molar-refractivity contribution >= 4 is 23.6 Å². The summed E-state index contributed by atoms with van der Waals surface area (Å²) in [6.07, 6.45) is 1.70.